The zero-order valence-corrected chi connectivity index (χ0v) is 50.6. The van der Waals surface area contributed by atoms with Crippen molar-refractivity contribution in [1.29, 1.82) is 0 Å². The highest BCUT2D eigenvalue weighted by Crippen LogP contribution is 2.50. The first-order chi connectivity index (χ1) is 40.2. The molecule has 84 heavy (non-hydrogen) atoms. The lowest BCUT2D eigenvalue weighted by Gasteiger charge is -2.35. The van der Waals surface area contributed by atoms with Crippen LogP contribution in [0.15, 0.2) is 218 Å². The molecule has 0 fully saturated rings. The van der Waals surface area contributed by atoms with Crippen LogP contribution in [0, 0.1) is 0 Å². The molecule has 3 aliphatic carbocycles. The van der Waals surface area contributed by atoms with Crippen molar-refractivity contribution in [3.05, 3.63) is 285 Å². The highest BCUT2D eigenvalue weighted by molar-refractivity contribution is 5.52. The summed E-state index contributed by atoms with van der Waals surface area (Å²) >= 11 is 0. The maximum Gasteiger partial charge on any atom is 0.120 e. The summed E-state index contributed by atoms with van der Waals surface area (Å²) in [4.78, 5) is 0. The van der Waals surface area contributed by atoms with Crippen LogP contribution in [0.5, 0.6) is 34.5 Å². The van der Waals surface area contributed by atoms with Crippen molar-refractivity contribution in [1.82, 2.24) is 0 Å². The molecule has 432 valence electrons. The molecule has 0 radical (unpaired) electrons. The molecule has 0 amide bonds. The summed E-state index contributed by atoms with van der Waals surface area (Å²) in [6, 6.07) is 75.2. The Balaban J connectivity index is 0.000000140. The molecule has 0 aromatic heterocycles. The molecular weight excluding hydrogens is 1030 g/mol. The second-order valence-electron chi connectivity index (χ2n) is 26.1. The van der Waals surface area contributed by atoms with Gasteiger partial charge >= 0.3 is 0 Å². The Morgan fingerprint density at radius 3 is 0.750 bits per heavy atom. The molecule has 6 atom stereocenters. The number of aryl methyl sites for hydroxylation is 3. The van der Waals surface area contributed by atoms with Crippen molar-refractivity contribution in [3.8, 4) is 34.5 Å². The molecule has 12 rings (SSSR count). The SMILES string of the molecule is CC(C)(C)Oc1ccc2c(c1)CC[C@@H](c1ccccc1)[C@H]2c1ccc(O)cc1.CC(C)(C)Oc1ccc2c(c1)CC[C@H](c1ccccc1)[C@@H]2c1ccc(O)cc1.CC(C)(C)Oc1ccc2c(c1)CC[C@H](c1ccccc1)[C@@H]2c1ccc(O)cc1. The van der Waals surface area contributed by atoms with E-state index in [1.165, 1.54) is 66.8 Å². The van der Waals surface area contributed by atoms with Gasteiger partial charge in [0.25, 0.3) is 0 Å². The van der Waals surface area contributed by atoms with Gasteiger partial charge in [0.05, 0.1) is 0 Å². The van der Waals surface area contributed by atoms with Gasteiger partial charge in [0.2, 0.25) is 0 Å². The molecule has 3 N–H and O–H groups in total. The van der Waals surface area contributed by atoms with Gasteiger partial charge in [-0.1, -0.05) is 146 Å². The van der Waals surface area contributed by atoms with E-state index in [9.17, 15) is 15.3 Å². The summed E-state index contributed by atoms with van der Waals surface area (Å²) in [7, 11) is 0. The van der Waals surface area contributed by atoms with Gasteiger partial charge in [-0.2, -0.15) is 0 Å². The first-order valence-electron chi connectivity index (χ1n) is 30.2. The molecule has 0 saturated carbocycles. The average Bonchev–Trinajstić information content (AvgIpc) is 1.34. The average molecular weight is 1120 g/mol. The molecule has 6 nitrogen and oxygen atoms in total. The van der Waals surface area contributed by atoms with Crippen LogP contribution >= 0.6 is 0 Å². The molecule has 6 heteroatoms. The van der Waals surface area contributed by atoms with E-state index >= 15 is 0 Å². The Labute approximate surface area is 499 Å². The topological polar surface area (TPSA) is 88.4 Å². The number of aromatic hydroxyl groups is 3. The number of phenolic OH excluding ortho intramolecular Hbond substituents is 3. The first kappa shape index (κ1) is 59.0. The predicted molar refractivity (Wildman–Crippen MR) is 343 cm³/mol. The van der Waals surface area contributed by atoms with Gasteiger partial charge in [-0.25, -0.2) is 0 Å². The fourth-order valence-electron chi connectivity index (χ4n) is 13.1. The third-order valence-electron chi connectivity index (χ3n) is 16.4. The number of rotatable bonds is 9. The normalized spacial score (nSPS) is 19.1. The molecule has 0 spiro atoms. The highest BCUT2D eigenvalue weighted by atomic mass is 16.5. The fourth-order valence-corrected chi connectivity index (χ4v) is 13.1. The summed E-state index contributed by atoms with van der Waals surface area (Å²) in [5.41, 5.74) is 15.5. The van der Waals surface area contributed by atoms with Gasteiger partial charge in [-0.3, -0.25) is 0 Å². The summed E-state index contributed by atoms with van der Waals surface area (Å²) in [6.07, 6.45) is 6.44. The molecule has 0 aliphatic heterocycles. The van der Waals surface area contributed by atoms with Gasteiger partial charge in [-0.05, 0) is 258 Å². The Kier molecular flexibility index (Phi) is 17.8. The monoisotopic (exact) mass is 1120 g/mol. The number of hydrogen-bond donors (Lipinski definition) is 3. The third-order valence-corrected chi connectivity index (χ3v) is 16.4. The van der Waals surface area contributed by atoms with Crippen LogP contribution in [0.1, 0.15) is 184 Å². The number of ether oxygens (including phenoxy) is 3. The Bertz CT molecular complexity index is 3190. The predicted octanol–water partition coefficient (Wildman–Crippen LogP) is 19.3. The van der Waals surface area contributed by atoms with E-state index in [-0.39, 0.29) is 34.6 Å². The van der Waals surface area contributed by atoms with Crippen molar-refractivity contribution in [3.63, 3.8) is 0 Å². The summed E-state index contributed by atoms with van der Waals surface area (Å²) in [6.45, 7) is 18.7. The van der Waals surface area contributed by atoms with Gasteiger partial charge in [-0.15, -0.1) is 0 Å². The smallest absolute Gasteiger partial charge is 0.120 e. The van der Waals surface area contributed by atoms with Crippen LogP contribution in [0.3, 0.4) is 0 Å². The van der Waals surface area contributed by atoms with E-state index in [0.717, 1.165) is 55.8 Å². The third kappa shape index (κ3) is 14.7. The van der Waals surface area contributed by atoms with Crippen molar-refractivity contribution < 1.29 is 29.5 Å². The quantitative estimate of drug-likeness (QED) is 0.133. The van der Waals surface area contributed by atoms with Crippen LogP contribution in [-0.4, -0.2) is 32.1 Å². The van der Waals surface area contributed by atoms with E-state index < -0.39 is 0 Å². The minimum atomic E-state index is -0.203. The summed E-state index contributed by atoms with van der Waals surface area (Å²) in [5, 5.41) is 29.3. The maximum absolute atomic E-state index is 9.76. The minimum Gasteiger partial charge on any atom is -0.508 e. The zero-order chi connectivity index (χ0) is 59.2. The van der Waals surface area contributed by atoms with E-state index in [4.69, 9.17) is 14.2 Å². The van der Waals surface area contributed by atoms with E-state index in [0.29, 0.717) is 35.0 Å². The van der Waals surface area contributed by atoms with Gasteiger partial charge in [0, 0.05) is 17.8 Å². The summed E-state index contributed by atoms with van der Waals surface area (Å²) in [5.74, 6) is 5.84. The second kappa shape index (κ2) is 25.3. The van der Waals surface area contributed by atoms with Crippen LogP contribution in [0.25, 0.3) is 0 Å². The Morgan fingerprint density at radius 1 is 0.286 bits per heavy atom. The van der Waals surface area contributed by atoms with Gasteiger partial charge < -0.3 is 29.5 Å². The second-order valence-corrected chi connectivity index (χ2v) is 26.1. The number of hydrogen-bond acceptors (Lipinski definition) is 6. The largest absolute Gasteiger partial charge is 0.508 e. The van der Waals surface area contributed by atoms with Crippen molar-refractivity contribution in [2.75, 3.05) is 0 Å². The lowest BCUT2D eigenvalue weighted by molar-refractivity contribution is 0.130. The number of phenols is 3. The molecule has 9 aromatic carbocycles. The number of fused-ring (bicyclic) bond motifs is 3. The minimum absolute atomic E-state index is 0.203. The van der Waals surface area contributed by atoms with Crippen molar-refractivity contribution >= 4 is 0 Å². The molecule has 0 bridgehead atoms. The molecule has 0 heterocycles. The lowest BCUT2D eigenvalue weighted by atomic mass is 9.69. The van der Waals surface area contributed by atoms with E-state index in [1.807, 2.05) is 0 Å². The number of benzene rings is 9. The lowest BCUT2D eigenvalue weighted by Crippen LogP contribution is -2.24. The van der Waals surface area contributed by atoms with E-state index in [1.54, 1.807) is 36.4 Å². The fraction of sp³-hybridized carbons (Fsp3) is 0.308. The maximum atomic E-state index is 9.76. The summed E-state index contributed by atoms with van der Waals surface area (Å²) < 4.78 is 18.3. The zero-order valence-electron chi connectivity index (χ0n) is 50.6. The molecule has 9 aromatic rings. The Morgan fingerprint density at radius 2 is 0.524 bits per heavy atom. The van der Waals surface area contributed by atoms with Gasteiger partial charge in [0.1, 0.15) is 51.3 Å². The van der Waals surface area contributed by atoms with Crippen molar-refractivity contribution in [2.24, 2.45) is 0 Å². The first-order valence-corrected chi connectivity index (χ1v) is 30.2. The molecule has 3 aliphatic rings. The van der Waals surface area contributed by atoms with Crippen LogP contribution in [0.4, 0.5) is 0 Å². The Hall–Kier alpha value is -8.22. The van der Waals surface area contributed by atoms with Crippen LogP contribution < -0.4 is 14.2 Å². The van der Waals surface area contributed by atoms with Gasteiger partial charge in [0.15, 0.2) is 0 Å². The molecular formula is C78H84O6. The van der Waals surface area contributed by atoms with Crippen molar-refractivity contribution in [2.45, 2.75) is 153 Å². The van der Waals surface area contributed by atoms with Crippen LogP contribution in [0.2, 0.25) is 0 Å². The van der Waals surface area contributed by atoms with E-state index in [2.05, 4.69) is 244 Å². The molecule has 0 saturated heterocycles. The molecule has 0 unspecified atom stereocenters. The standard InChI is InChI=1S/3C26H28O2/c3*1-26(2,3)28-22-14-16-24-20(17-22)11-15-23(18-7-5-4-6-8-18)25(24)19-9-12-21(27)13-10-19/h3*4-10,12-14,16-17,23,25,27H,11,15H2,1-3H3/t3*23-,25+/m110/s1. The van der Waals surface area contributed by atoms with Crippen LogP contribution in [-0.2, 0) is 19.3 Å². The highest BCUT2D eigenvalue weighted by Gasteiger charge is 2.36.